The molecule has 3 rings (SSSR count). The van der Waals surface area contributed by atoms with Crippen molar-refractivity contribution in [3.63, 3.8) is 0 Å². The Morgan fingerprint density at radius 1 is 0.735 bits per heavy atom. The van der Waals surface area contributed by atoms with Crippen LogP contribution in [0.15, 0.2) is 84.9 Å². The van der Waals surface area contributed by atoms with E-state index in [0.717, 1.165) is 20.3 Å². The van der Waals surface area contributed by atoms with Gasteiger partial charge in [0.2, 0.25) is 5.91 Å². The van der Waals surface area contributed by atoms with Gasteiger partial charge < -0.3 is 20.5 Å². The summed E-state index contributed by atoms with van der Waals surface area (Å²) in [4.78, 5) is 37.3. The summed E-state index contributed by atoms with van der Waals surface area (Å²) in [6.07, 6.45) is -0.457. The van der Waals surface area contributed by atoms with Gasteiger partial charge in [-0.1, -0.05) is 72.8 Å². The third-order valence-electron chi connectivity index (χ3n) is 5.07. The lowest BCUT2D eigenvalue weighted by molar-refractivity contribution is -0.142. The molecular formula is C26H25IN2O5. The molecular weight excluding hydrogens is 547 g/mol. The highest BCUT2D eigenvalue weighted by Crippen LogP contribution is 2.10. The van der Waals surface area contributed by atoms with Crippen LogP contribution in [0.2, 0.25) is 0 Å². The number of amides is 2. The first-order valence-electron chi connectivity index (χ1n) is 10.7. The highest BCUT2D eigenvalue weighted by Gasteiger charge is 2.27. The van der Waals surface area contributed by atoms with Crippen molar-refractivity contribution >= 4 is 40.6 Å². The molecule has 0 aliphatic rings. The lowest BCUT2D eigenvalue weighted by Gasteiger charge is -2.21. The fourth-order valence-corrected chi connectivity index (χ4v) is 3.65. The first-order valence-corrected chi connectivity index (χ1v) is 11.8. The molecule has 0 bridgehead atoms. The Morgan fingerprint density at radius 2 is 1.26 bits per heavy atom. The average molecular weight is 572 g/mol. The molecule has 3 aromatic rings. The van der Waals surface area contributed by atoms with Crippen LogP contribution in [0.4, 0.5) is 4.79 Å². The van der Waals surface area contributed by atoms with E-state index in [1.807, 2.05) is 84.9 Å². The maximum Gasteiger partial charge on any atom is 0.408 e. The highest BCUT2D eigenvalue weighted by atomic mass is 127. The van der Waals surface area contributed by atoms with Crippen LogP contribution in [0.3, 0.4) is 0 Å². The third kappa shape index (κ3) is 8.18. The maximum atomic E-state index is 13.1. The van der Waals surface area contributed by atoms with Crippen molar-refractivity contribution in [2.24, 2.45) is 0 Å². The topological polar surface area (TPSA) is 105 Å². The normalized spacial score (nSPS) is 12.3. The predicted octanol–water partition coefficient (Wildman–Crippen LogP) is 3.94. The molecule has 0 unspecified atom stereocenters. The molecule has 8 heteroatoms. The van der Waals surface area contributed by atoms with Crippen molar-refractivity contribution in [1.82, 2.24) is 10.6 Å². The second kappa shape index (κ2) is 12.7. The van der Waals surface area contributed by atoms with Crippen LogP contribution in [0.25, 0.3) is 0 Å². The predicted molar refractivity (Wildman–Crippen MR) is 136 cm³/mol. The molecule has 34 heavy (non-hydrogen) atoms. The van der Waals surface area contributed by atoms with Gasteiger partial charge in [0, 0.05) is 16.4 Å². The van der Waals surface area contributed by atoms with E-state index in [0.29, 0.717) is 0 Å². The van der Waals surface area contributed by atoms with E-state index in [1.54, 1.807) is 0 Å². The lowest BCUT2D eigenvalue weighted by Crippen LogP contribution is -2.53. The number of nitrogens with one attached hydrogen (secondary N) is 2. The molecule has 0 saturated heterocycles. The van der Waals surface area contributed by atoms with Gasteiger partial charge in [0.25, 0.3) is 0 Å². The van der Waals surface area contributed by atoms with Gasteiger partial charge in [-0.25, -0.2) is 9.59 Å². The molecule has 3 N–H and O–H groups in total. The van der Waals surface area contributed by atoms with Crippen molar-refractivity contribution in [3.05, 3.63) is 105 Å². The van der Waals surface area contributed by atoms with Crippen LogP contribution >= 0.6 is 22.6 Å². The first-order chi connectivity index (χ1) is 16.4. The summed E-state index contributed by atoms with van der Waals surface area (Å²) in [6, 6.07) is 23.6. The van der Waals surface area contributed by atoms with Crippen molar-refractivity contribution in [3.8, 4) is 0 Å². The minimum atomic E-state index is -1.16. The molecule has 0 aromatic heterocycles. The van der Waals surface area contributed by atoms with E-state index >= 15 is 0 Å². The number of benzene rings is 3. The fourth-order valence-electron chi connectivity index (χ4n) is 3.29. The van der Waals surface area contributed by atoms with E-state index in [-0.39, 0.29) is 19.4 Å². The Balaban J connectivity index is 1.68. The van der Waals surface area contributed by atoms with Crippen molar-refractivity contribution in [2.45, 2.75) is 31.5 Å². The molecule has 176 valence electrons. The molecule has 2 amide bonds. The Labute approximate surface area is 211 Å². The number of carboxylic acids is 1. The maximum absolute atomic E-state index is 13.1. The smallest absolute Gasteiger partial charge is 0.408 e. The number of halogens is 1. The molecule has 0 heterocycles. The molecule has 0 aliphatic heterocycles. The van der Waals surface area contributed by atoms with Crippen LogP contribution in [0.5, 0.6) is 0 Å². The standard InChI is InChI=1S/C26H25IN2O5/c27-21-13-11-19(12-14-21)16-23(25(31)32)28-24(30)22(15-18-7-3-1-4-8-18)29-26(33)34-17-20-9-5-2-6-10-20/h1-14,22-23H,15-17H2,(H,28,30)(H,29,33)(H,31,32)/t22-,23-/m1/s1. The Kier molecular flexibility index (Phi) is 9.45. The Morgan fingerprint density at radius 3 is 1.85 bits per heavy atom. The third-order valence-corrected chi connectivity index (χ3v) is 5.79. The van der Waals surface area contributed by atoms with Gasteiger partial charge in [-0.3, -0.25) is 4.79 Å². The van der Waals surface area contributed by atoms with E-state index in [1.165, 1.54) is 0 Å². The molecule has 0 aliphatic carbocycles. The van der Waals surface area contributed by atoms with E-state index in [2.05, 4.69) is 33.2 Å². The summed E-state index contributed by atoms with van der Waals surface area (Å²) < 4.78 is 6.28. The highest BCUT2D eigenvalue weighted by molar-refractivity contribution is 14.1. The molecule has 0 fully saturated rings. The van der Waals surface area contributed by atoms with Crippen LogP contribution in [-0.2, 0) is 33.8 Å². The van der Waals surface area contributed by atoms with Crippen LogP contribution in [-0.4, -0.2) is 35.2 Å². The molecule has 0 radical (unpaired) electrons. The zero-order valence-electron chi connectivity index (χ0n) is 18.3. The van der Waals surface area contributed by atoms with E-state index < -0.39 is 30.1 Å². The molecule has 2 atom stereocenters. The van der Waals surface area contributed by atoms with Gasteiger partial charge in [-0.15, -0.1) is 0 Å². The van der Waals surface area contributed by atoms with Crippen LogP contribution < -0.4 is 10.6 Å². The Hall–Kier alpha value is -3.40. The van der Waals surface area contributed by atoms with Gasteiger partial charge in [-0.05, 0) is 51.4 Å². The van der Waals surface area contributed by atoms with Gasteiger partial charge >= 0.3 is 12.1 Å². The fraction of sp³-hybridized carbons (Fsp3) is 0.192. The number of ether oxygens (including phenoxy) is 1. The number of alkyl carbamates (subject to hydrolysis) is 1. The second-order valence-electron chi connectivity index (χ2n) is 7.68. The monoisotopic (exact) mass is 572 g/mol. The van der Waals surface area contributed by atoms with Crippen molar-refractivity contribution < 1.29 is 24.2 Å². The van der Waals surface area contributed by atoms with Crippen molar-refractivity contribution in [1.29, 1.82) is 0 Å². The average Bonchev–Trinajstić information content (AvgIpc) is 2.84. The van der Waals surface area contributed by atoms with Gasteiger partial charge in [0.15, 0.2) is 0 Å². The molecule has 0 saturated carbocycles. The van der Waals surface area contributed by atoms with Gasteiger partial charge in [0.05, 0.1) is 0 Å². The Bertz CT molecular complexity index is 1090. The zero-order valence-corrected chi connectivity index (χ0v) is 20.5. The summed E-state index contributed by atoms with van der Waals surface area (Å²) in [5, 5.41) is 14.8. The molecule has 3 aromatic carbocycles. The number of rotatable bonds is 10. The zero-order chi connectivity index (χ0) is 24.3. The quantitative estimate of drug-likeness (QED) is 0.320. The SMILES string of the molecule is O=C(N[C@H](Cc1ccccc1)C(=O)N[C@H](Cc1ccc(I)cc1)C(=O)O)OCc1ccccc1. The number of aliphatic carboxylic acids is 1. The first kappa shape index (κ1) is 25.2. The second-order valence-corrected chi connectivity index (χ2v) is 8.92. The van der Waals surface area contributed by atoms with Gasteiger partial charge in [0.1, 0.15) is 18.7 Å². The summed E-state index contributed by atoms with van der Waals surface area (Å²) in [6.45, 7) is 0.0525. The number of hydrogen-bond donors (Lipinski definition) is 3. The number of carboxylic acid groups (broad SMARTS) is 1. The summed E-state index contributed by atoms with van der Waals surface area (Å²) >= 11 is 2.17. The van der Waals surface area contributed by atoms with Crippen LogP contribution in [0.1, 0.15) is 16.7 Å². The lowest BCUT2D eigenvalue weighted by atomic mass is 10.0. The van der Waals surface area contributed by atoms with Gasteiger partial charge in [-0.2, -0.15) is 0 Å². The van der Waals surface area contributed by atoms with Crippen molar-refractivity contribution in [2.75, 3.05) is 0 Å². The summed E-state index contributed by atoms with van der Waals surface area (Å²) in [5.74, 6) is -1.75. The summed E-state index contributed by atoms with van der Waals surface area (Å²) in [7, 11) is 0. The number of carbonyl (C=O) groups is 3. The number of carbonyl (C=O) groups excluding carboxylic acids is 2. The van der Waals surface area contributed by atoms with E-state index in [9.17, 15) is 19.5 Å². The van der Waals surface area contributed by atoms with Crippen LogP contribution in [0, 0.1) is 3.57 Å². The number of hydrogen-bond acceptors (Lipinski definition) is 4. The molecule has 7 nitrogen and oxygen atoms in total. The summed E-state index contributed by atoms with van der Waals surface area (Å²) in [5.41, 5.74) is 2.41. The minimum Gasteiger partial charge on any atom is -0.480 e. The minimum absolute atomic E-state index is 0.0525. The molecule has 0 spiro atoms. The largest absolute Gasteiger partial charge is 0.480 e. The van der Waals surface area contributed by atoms with E-state index in [4.69, 9.17) is 4.74 Å².